The van der Waals surface area contributed by atoms with Crippen molar-refractivity contribution in [2.75, 3.05) is 0 Å². The first-order valence-electron chi connectivity index (χ1n) is 10.8. The highest BCUT2D eigenvalue weighted by Crippen LogP contribution is 2.59. The van der Waals surface area contributed by atoms with Crippen molar-refractivity contribution in [2.24, 2.45) is 0 Å². The molecule has 4 aromatic rings. The maximum Gasteiger partial charge on any atom is 0.125 e. The second-order valence-electron chi connectivity index (χ2n) is 8.30. The van der Waals surface area contributed by atoms with Crippen LogP contribution in [0.5, 0.6) is 5.75 Å². The van der Waals surface area contributed by atoms with Crippen molar-refractivity contribution >= 4 is 23.2 Å². The van der Waals surface area contributed by atoms with Gasteiger partial charge in [-0.3, -0.25) is 0 Å². The van der Waals surface area contributed by atoms with Crippen molar-refractivity contribution in [3.63, 3.8) is 0 Å². The van der Waals surface area contributed by atoms with Crippen molar-refractivity contribution in [1.82, 2.24) is 0 Å². The molecule has 0 saturated heterocycles. The van der Waals surface area contributed by atoms with Crippen LogP contribution in [0.2, 0.25) is 0 Å². The van der Waals surface area contributed by atoms with Crippen LogP contribution in [-0.4, -0.2) is 5.11 Å². The molecule has 0 saturated carbocycles. The molecule has 0 aliphatic rings. The normalized spacial score (nSPS) is 11.5. The van der Waals surface area contributed by atoms with Crippen molar-refractivity contribution in [3.05, 3.63) is 119 Å². The van der Waals surface area contributed by atoms with Crippen LogP contribution in [0, 0.1) is 27.7 Å². The fourth-order valence-corrected chi connectivity index (χ4v) is 8.92. The minimum absolute atomic E-state index is 0.452. The summed E-state index contributed by atoms with van der Waals surface area (Å²) >= 11 is 0. The van der Waals surface area contributed by atoms with Gasteiger partial charge in [-0.05, 0) is 86.3 Å². The smallest absolute Gasteiger partial charge is 0.125 e. The molecule has 31 heavy (non-hydrogen) atoms. The topological polar surface area (TPSA) is 20.2 Å². The summed E-state index contributed by atoms with van der Waals surface area (Å²) in [5, 5.41) is 15.3. The van der Waals surface area contributed by atoms with E-state index in [4.69, 9.17) is 0 Å². The van der Waals surface area contributed by atoms with E-state index in [-0.39, 0.29) is 0 Å². The summed E-state index contributed by atoms with van der Waals surface area (Å²) in [6.07, 6.45) is 0.796. The second-order valence-corrected chi connectivity index (χ2v) is 11.8. The average molecular weight is 426 g/mol. The first kappa shape index (κ1) is 21.3. The molecule has 1 N–H and O–H groups in total. The Morgan fingerprint density at radius 2 is 0.871 bits per heavy atom. The van der Waals surface area contributed by atoms with Gasteiger partial charge in [0.25, 0.3) is 0 Å². The first-order valence-corrected chi connectivity index (χ1v) is 12.8. The van der Waals surface area contributed by atoms with Gasteiger partial charge < -0.3 is 5.11 Å². The van der Waals surface area contributed by atoms with Gasteiger partial charge in [0.05, 0.1) is 0 Å². The Bertz CT molecular complexity index is 1060. The third-order valence-electron chi connectivity index (χ3n) is 6.77. The molecule has 0 atom stereocenters. The fraction of sp³-hybridized carbons (Fsp3) is 0.172. The molecular formula is C29H30OP+. The molecular weight excluding hydrogens is 395 g/mol. The van der Waals surface area contributed by atoms with Crippen LogP contribution in [0.15, 0.2) is 91.0 Å². The maximum absolute atomic E-state index is 11.3. The van der Waals surface area contributed by atoms with Crippen LogP contribution in [0.4, 0.5) is 0 Å². The quantitative estimate of drug-likeness (QED) is 0.382. The standard InChI is InChI=1S/C29H29OP/c1-21-22(2)24(4)29(30)28(23(21)3)20-31(25-14-8-5-9-15-25,26-16-10-6-11-17-26)27-18-12-7-13-19-27/h5-19H,20H2,1-4H3/p+1. The van der Waals surface area contributed by atoms with Crippen LogP contribution in [0.3, 0.4) is 0 Å². The Kier molecular flexibility index (Phi) is 5.99. The van der Waals surface area contributed by atoms with Crippen LogP contribution < -0.4 is 15.9 Å². The lowest BCUT2D eigenvalue weighted by Crippen LogP contribution is -2.32. The molecule has 0 bridgehead atoms. The third kappa shape index (κ3) is 3.68. The van der Waals surface area contributed by atoms with Gasteiger partial charge in [-0.1, -0.05) is 54.6 Å². The molecule has 0 spiro atoms. The summed E-state index contributed by atoms with van der Waals surface area (Å²) in [5.41, 5.74) is 5.73. The first-order chi connectivity index (χ1) is 15.0. The highest BCUT2D eigenvalue weighted by molar-refractivity contribution is 7.95. The van der Waals surface area contributed by atoms with Crippen molar-refractivity contribution in [3.8, 4) is 5.75 Å². The molecule has 156 valence electrons. The minimum Gasteiger partial charge on any atom is -0.507 e. The molecule has 0 aromatic heterocycles. The monoisotopic (exact) mass is 425 g/mol. The van der Waals surface area contributed by atoms with E-state index in [1.54, 1.807) is 0 Å². The molecule has 0 amide bonds. The fourth-order valence-electron chi connectivity index (χ4n) is 4.57. The summed E-state index contributed by atoms with van der Waals surface area (Å²) < 4.78 is 0. The zero-order valence-electron chi connectivity index (χ0n) is 18.8. The molecule has 0 radical (unpaired) electrons. The predicted octanol–water partition coefficient (Wildman–Crippen LogP) is 6.12. The number of rotatable bonds is 5. The summed E-state index contributed by atoms with van der Waals surface area (Å²) in [5.74, 6) is 0.452. The highest BCUT2D eigenvalue weighted by atomic mass is 31.2. The molecule has 2 heteroatoms. The van der Waals surface area contributed by atoms with Crippen LogP contribution in [0.1, 0.15) is 27.8 Å². The van der Waals surface area contributed by atoms with Crippen LogP contribution in [0.25, 0.3) is 0 Å². The summed E-state index contributed by atoms with van der Waals surface area (Å²) in [7, 11) is -2.04. The van der Waals surface area contributed by atoms with Gasteiger partial charge in [0, 0.05) is 5.56 Å². The van der Waals surface area contributed by atoms with E-state index in [2.05, 4.69) is 112 Å². The van der Waals surface area contributed by atoms with Crippen LogP contribution in [-0.2, 0) is 6.16 Å². The van der Waals surface area contributed by atoms with E-state index >= 15 is 0 Å². The Hall–Kier alpha value is -2.89. The van der Waals surface area contributed by atoms with Gasteiger partial charge in [0.2, 0.25) is 0 Å². The van der Waals surface area contributed by atoms with Gasteiger partial charge in [0.1, 0.15) is 35.1 Å². The molecule has 0 aliphatic carbocycles. The molecule has 0 fully saturated rings. The van der Waals surface area contributed by atoms with Crippen molar-refractivity contribution < 1.29 is 5.11 Å². The van der Waals surface area contributed by atoms with E-state index in [0.29, 0.717) is 5.75 Å². The van der Waals surface area contributed by atoms with E-state index < -0.39 is 7.26 Å². The Labute approximate surface area is 186 Å². The lowest BCUT2D eigenvalue weighted by molar-refractivity contribution is 0.464. The van der Waals surface area contributed by atoms with Crippen molar-refractivity contribution in [1.29, 1.82) is 0 Å². The lowest BCUT2D eigenvalue weighted by Gasteiger charge is -2.29. The molecule has 1 nitrogen and oxygen atoms in total. The largest absolute Gasteiger partial charge is 0.507 e. The zero-order chi connectivity index (χ0) is 22.0. The number of hydrogen-bond acceptors (Lipinski definition) is 1. The minimum atomic E-state index is -2.04. The average Bonchev–Trinajstić information content (AvgIpc) is 2.83. The molecule has 4 aromatic carbocycles. The number of hydrogen-bond donors (Lipinski definition) is 1. The predicted molar refractivity (Wildman–Crippen MR) is 136 cm³/mol. The van der Waals surface area contributed by atoms with E-state index in [1.165, 1.54) is 32.6 Å². The number of phenols is 1. The third-order valence-corrected chi connectivity index (χ3v) is 11.1. The SMILES string of the molecule is Cc1c(C)c(C)c(C[P+](c2ccccc2)(c2ccccc2)c2ccccc2)c(O)c1C. The van der Waals surface area contributed by atoms with Gasteiger partial charge in [0.15, 0.2) is 0 Å². The summed E-state index contributed by atoms with van der Waals surface area (Å²) in [6, 6.07) is 32.6. The molecule has 0 unspecified atom stereocenters. The summed E-state index contributed by atoms with van der Waals surface area (Å²) in [6.45, 7) is 8.48. The zero-order valence-corrected chi connectivity index (χ0v) is 19.7. The number of aromatic hydroxyl groups is 1. The highest BCUT2D eigenvalue weighted by Gasteiger charge is 2.46. The van der Waals surface area contributed by atoms with Gasteiger partial charge in [-0.15, -0.1) is 0 Å². The Morgan fingerprint density at radius 3 is 1.26 bits per heavy atom. The maximum atomic E-state index is 11.3. The molecule has 4 rings (SSSR count). The lowest BCUT2D eigenvalue weighted by atomic mass is 9.94. The van der Waals surface area contributed by atoms with Gasteiger partial charge >= 0.3 is 0 Å². The van der Waals surface area contributed by atoms with E-state index in [9.17, 15) is 5.11 Å². The Morgan fingerprint density at radius 1 is 0.516 bits per heavy atom. The molecule has 0 aliphatic heterocycles. The van der Waals surface area contributed by atoms with Gasteiger partial charge in [-0.2, -0.15) is 0 Å². The van der Waals surface area contributed by atoms with Crippen LogP contribution >= 0.6 is 7.26 Å². The Balaban J connectivity index is 2.08. The summed E-state index contributed by atoms with van der Waals surface area (Å²) in [4.78, 5) is 0. The van der Waals surface area contributed by atoms with Crippen molar-refractivity contribution in [2.45, 2.75) is 33.9 Å². The van der Waals surface area contributed by atoms with E-state index in [1.807, 2.05) is 6.92 Å². The van der Waals surface area contributed by atoms with E-state index in [0.717, 1.165) is 17.3 Å². The second kappa shape index (κ2) is 8.69. The van der Waals surface area contributed by atoms with Gasteiger partial charge in [-0.25, -0.2) is 0 Å². The molecule has 0 heterocycles. The number of phenolic OH excluding ortho intramolecular Hbond substituents is 1. The number of benzene rings is 4.